The maximum atomic E-state index is 12.0. The minimum absolute atomic E-state index is 0.0351. The molecule has 118 valence electrons. The SMILES string of the molecule is O=S(=O)(Cc1ccc(CO)cc1)NCCC1CCCCO1. The van der Waals surface area contributed by atoms with Crippen LogP contribution in [0, 0.1) is 0 Å². The van der Waals surface area contributed by atoms with E-state index in [1.165, 1.54) is 0 Å². The fourth-order valence-electron chi connectivity index (χ4n) is 2.42. The smallest absolute Gasteiger partial charge is 0.215 e. The molecule has 1 unspecified atom stereocenters. The van der Waals surface area contributed by atoms with Crippen molar-refractivity contribution in [3.63, 3.8) is 0 Å². The van der Waals surface area contributed by atoms with E-state index < -0.39 is 10.0 Å². The molecule has 1 aromatic rings. The molecule has 1 saturated heterocycles. The van der Waals surface area contributed by atoms with Gasteiger partial charge in [-0.2, -0.15) is 0 Å². The van der Waals surface area contributed by atoms with Crippen LogP contribution >= 0.6 is 0 Å². The summed E-state index contributed by atoms with van der Waals surface area (Å²) in [5.41, 5.74) is 1.49. The Labute approximate surface area is 126 Å². The second-order valence-corrected chi connectivity index (χ2v) is 7.21. The number of ether oxygens (including phenoxy) is 1. The molecule has 1 aromatic carbocycles. The summed E-state index contributed by atoms with van der Waals surface area (Å²) in [5.74, 6) is -0.0375. The highest BCUT2D eigenvalue weighted by Crippen LogP contribution is 2.15. The largest absolute Gasteiger partial charge is 0.392 e. The van der Waals surface area contributed by atoms with Crippen LogP contribution in [0.4, 0.5) is 0 Å². The average Bonchev–Trinajstić information content (AvgIpc) is 2.48. The third kappa shape index (κ3) is 5.74. The van der Waals surface area contributed by atoms with Crippen LogP contribution in [0.2, 0.25) is 0 Å². The molecule has 0 spiro atoms. The van der Waals surface area contributed by atoms with Gasteiger partial charge >= 0.3 is 0 Å². The van der Waals surface area contributed by atoms with Crippen molar-refractivity contribution in [3.8, 4) is 0 Å². The van der Waals surface area contributed by atoms with Crippen LogP contribution in [0.25, 0.3) is 0 Å². The Morgan fingerprint density at radius 2 is 1.90 bits per heavy atom. The Morgan fingerprint density at radius 3 is 2.52 bits per heavy atom. The van der Waals surface area contributed by atoms with E-state index in [2.05, 4.69) is 4.72 Å². The van der Waals surface area contributed by atoms with Crippen LogP contribution in [0.1, 0.15) is 36.8 Å². The molecular formula is C15H23NO4S. The van der Waals surface area contributed by atoms with Crippen molar-refractivity contribution in [2.45, 2.75) is 44.1 Å². The van der Waals surface area contributed by atoms with E-state index in [1.807, 2.05) is 0 Å². The normalized spacial score (nSPS) is 19.6. The zero-order valence-electron chi connectivity index (χ0n) is 12.1. The zero-order valence-corrected chi connectivity index (χ0v) is 12.9. The highest BCUT2D eigenvalue weighted by atomic mass is 32.2. The third-order valence-corrected chi connectivity index (χ3v) is 4.98. The monoisotopic (exact) mass is 313 g/mol. The van der Waals surface area contributed by atoms with Crippen molar-refractivity contribution in [1.29, 1.82) is 0 Å². The van der Waals surface area contributed by atoms with Gasteiger partial charge in [0.25, 0.3) is 0 Å². The second-order valence-electron chi connectivity index (χ2n) is 5.41. The molecule has 6 heteroatoms. The van der Waals surface area contributed by atoms with Crippen molar-refractivity contribution < 1.29 is 18.3 Å². The standard InChI is InChI=1S/C15H23NO4S/c17-11-13-4-6-14(7-5-13)12-21(18,19)16-9-8-15-3-1-2-10-20-15/h4-7,15-17H,1-3,8-12H2. The predicted molar refractivity (Wildman–Crippen MR) is 81.2 cm³/mol. The number of aliphatic hydroxyl groups is 1. The summed E-state index contributed by atoms with van der Waals surface area (Å²) < 4.78 is 32.2. The highest BCUT2D eigenvalue weighted by Gasteiger charge is 2.16. The van der Waals surface area contributed by atoms with Gasteiger partial charge in [0.2, 0.25) is 10.0 Å². The summed E-state index contributed by atoms with van der Waals surface area (Å²) in [7, 11) is -3.32. The van der Waals surface area contributed by atoms with Gasteiger partial charge < -0.3 is 9.84 Å². The van der Waals surface area contributed by atoms with Gasteiger partial charge in [-0.1, -0.05) is 24.3 Å². The Hall–Kier alpha value is -0.950. The molecule has 1 atom stereocenters. The van der Waals surface area contributed by atoms with Gasteiger partial charge in [0, 0.05) is 13.2 Å². The van der Waals surface area contributed by atoms with Gasteiger partial charge in [-0.15, -0.1) is 0 Å². The van der Waals surface area contributed by atoms with E-state index in [9.17, 15) is 8.42 Å². The maximum Gasteiger partial charge on any atom is 0.215 e. The van der Waals surface area contributed by atoms with Gasteiger partial charge in [0.15, 0.2) is 0 Å². The van der Waals surface area contributed by atoms with Gasteiger partial charge in [-0.05, 0) is 36.8 Å². The predicted octanol–water partition coefficient (Wildman–Crippen LogP) is 1.56. The van der Waals surface area contributed by atoms with E-state index in [0.29, 0.717) is 12.1 Å². The quantitative estimate of drug-likeness (QED) is 0.801. The van der Waals surface area contributed by atoms with Crippen LogP contribution in [0.3, 0.4) is 0 Å². The Balaban J connectivity index is 1.77. The van der Waals surface area contributed by atoms with E-state index in [-0.39, 0.29) is 18.5 Å². The van der Waals surface area contributed by atoms with Crippen molar-refractivity contribution in [2.24, 2.45) is 0 Å². The average molecular weight is 313 g/mol. The van der Waals surface area contributed by atoms with Gasteiger partial charge in [-0.25, -0.2) is 13.1 Å². The molecule has 0 aromatic heterocycles. The van der Waals surface area contributed by atoms with Crippen LogP contribution < -0.4 is 4.72 Å². The van der Waals surface area contributed by atoms with E-state index >= 15 is 0 Å². The number of hydrogen-bond donors (Lipinski definition) is 2. The topological polar surface area (TPSA) is 75.6 Å². The summed E-state index contributed by atoms with van der Waals surface area (Å²) in [5, 5.41) is 8.96. The van der Waals surface area contributed by atoms with Gasteiger partial charge in [0.05, 0.1) is 18.5 Å². The molecule has 1 aliphatic heterocycles. The Bertz CT molecular complexity index is 521. The van der Waals surface area contributed by atoms with Crippen molar-refractivity contribution >= 4 is 10.0 Å². The fourth-order valence-corrected chi connectivity index (χ4v) is 3.58. The molecule has 1 fully saturated rings. The van der Waals surface area contributed by atoms with Crippen LogP contribution in [-0.2, 0) is 27.1 Å². The highest BCUT2D eigenvalue weighted by molar-refractivity contribution is 7.88. The zero-order chi connectivity index (χ0) is 15.1. The Morgan fingerprint density at radius 1 is 1.19 bits per heavy atom. The molecular weight excluding hydrogens is 290 g/mol. The summed E-state index contributed by atoms with van der Waals surface area (Å²) in [4.78, 5) is 0. The van der Waals surface area contributed by atoms with E-state index in [1.54, 1.807) is 24.3 Å². The van der Waals surface area contributed by atoms with E-state index in [0.717, 1.165) is 37.9 Å². The molecule has 0 amide bonds. The first-order chi connectivity index (χ1) is 10.1. The number of aliphatic hydroxyl groups excluding tert-OH is 1. The number of sulfonamides is 1. The first-order valence-corrected chi connectivity index (χ1v) is 9.02. The molecule has 2 rings (SSSR count). The minimum Gasteiger partial charge on any atom is -0.392 e. The van der Waals surface area contributed by atoms with E-state index in [4.69, 9.17) is 9.84 Å². The van der Waals surface area contributed by atoms with Crippen LogP contribution in [0.15, 0.2) is 24.3 Å². The Kier molecular flexibility index (Phi) is 6.17. The fraction of sp³-hybridized carbons (Fsp3) is 0.600. The summed E-state index contributed by atoms with van der Waals surface area (Å²) >= 11 is 0. The molecule has 1 heterocycles. The lowest BCUT2D eigenvalue weighted by Gasteiger charge is -2.22. The molecule has 2 N–H and O–H groups in total. The summed E-state index contributed by atoms with van der Waals surface area (Å²) in [6.45, 7) is 1.17. The molecule has 0 bridgehead atoms. The van der Waals surface area contributed by atoms with Crippen molar-refractivity contribution in [3.05, 3.63) is 35.4 Å². The molecule has 0 aliphatic carbocycles. The van der Waals surface area contributed by atoms with Crippen LogP contribution in [-0.4, -0.2) is 32.8 Å². The van der Waals surface area contributed by atoms with Crippen LogP contribution in [0.5, 0.6) is 0 Å². The lowest BCUT2D eigenvalue weighted by molar-refractivity contribution is 0.0123. The summed E-state index contributed by atoms with van der Waals surface area (Å²) in [6.07, 6.45) is 4.19. The number of hydrogen-bond acceptors (Lipinski definition) is 4. The maximum absolute atomic E-state index is 12.0. The molecule has 0 radical (unpaired) electrons. The van der Waals surface area contributed by atoms with Gasteiger partial charge in [-0.3, -0.25) is 0 Å². The molecule has 0 saturated carbocycles. The number of rotatable bonds is 7. The molecule has 1 aliphatic rings. The summed E-state index contributed by atoms with van der Waals surface area (Å²) in [6, 6.07) is 6.94. The first-order valence-electron chi connectivity index (χ1n) is 7.37. The first kappa shape index (κ1) is 16.4. The molecule has 21 heavy (non-hydrogen) atoms. The third-order valence-electron chi connectivity index (χ3n) is 3.62. The van der Waals surface area contributed by atoms with Gasteiger partial charge in [0.1, 0.15) is 0 Å². The minimum atomic E-state index is -3.32. The van der Waals surface area contributed by atoms with Crippen molar-refractivity contribution in [1.82, 2.24) is 4.72 Å². The lowest BCUT2D eigenvalue weighted by atomic mass is 10.1. The lowest BCUT2D eigenvalue weighted by Crippen LogP contribution is -2.30. The number of benzene rings is 1. The number of nitrogens with one attached hydrogen (secondary N) is 1. The van der Waals surface area contributed by atoms with Crippen molar-refractivity contribution in [2.75, 3.05) is 13.2 Å². The second kappa shape index (κ2) is 7.89. The molecule has 5 nitrogen and oxygen atoms in total.